The number of carbonyl (C=O) groups excluding carboxylic acids is 1. The van der Waals surface area contributed by atoms with Crippen LogP contribution < -0.4 is 5.32 Å². The van der Waals surface area contributed by atoms with E-state index in [0.29, 0.717) is 23.0 Å². The Hall–Kier alpha value is -3.45. The van der Waals surface area contributed by atoms with E-state index in [4.69, 9.17) is 0 Å². The molecule has 1 N–H and O–H groups in total. The van der Waals surface area contributed by atoms with Crippen LogP contribution >= 0.6 is 11.8 Å². The van der Waals surface area contributed by atoms with Crippen LogP contribution in [0.4, 0.5) is 5.82 Å². The molecular weight excluding hydrogens is 370 g/mol. The van der Waals surface area contributed by atoms with Crippen molar-refractivity contribution in [3.63, 3.8) is 0 Å². The van der Waals surface area contributed by atoms with E-state index in [2.05, 4.69) is 20.4 Å². The summed E-state index contributed by atoms with van der Waals surface area (Å²) in [6.07, 6.45) is 6.83. The van der Waals surface area contributed by atoms with Gasteiger partial charge in [-0.25, -0.2) is 9.67 Å². The summed E-state index contributed by atoms with van der Waals surface area (Å²) in [4.78, 5) is 22.3. The number of aromatic nitrogens is 4. The van der Waals surface area contributed by atoms with Gasteiger partial charge in [0.1, 0.15) is 10.8 Å². The Morgan fingerprint density at radius 1 is 0.929 bits per heavy atom. The third kappa shape index (κ3) is 4.27. The minimum atomic E-state index is -0.219. The lowest BCUT2D eigenvalue weighted by Crippen LogP contribution is -2.17. The average Bonchev–Trinajstić information content (AvgIpc) is 3.16. The SMILES string of the molecule is O=C(Nc1ccnn1Cc1ccncc1)c1cccnc1Sc1ccccc1. The Balaban J connectivity index is 1.53. The zero-order valence-electron chi connectivity index (χ0n) is 14.9. The second-order valence-electron chi connectivity index (χ2n) is 5.95. The topological polar surface area (TPSA) is 72.7 Å². The van der Waals surface area contributed by atoms with E-state index in [9.17, 15) is 4.79 Å². The van der Waals surface area contributed by atoms with Gasteiger partial charge in [-0.1, -0.05) is 30.0 Å². The lowest BCUT2D eigenvalue weighted by molar-refractivity contribution is 0.102. The molecule has 6 nitrogen and oxygen atoms in total. The molecule has 4 rings (SSSR count). The number of anilines is 1. The zero-order valence-corrected chi connectivity index (χ0v) is 15.7. The number of hydrogen-bond acceptors (Lipinski definition) is 5. The molecule has 0 saturated heterocycles. The standard InChI is InChI=1S/C21H17N5OS/c27-20(18-7-4-11-23-21(18)28-17-5-2-1-3-6-17)25-19-10-14-24-26(19)15-16-8-12-22-13-9-16/h1-14H,15H2,(H,25,27). The minimum absolute atomic E-state index is 0.219. The fourth-order valence-electron chi connectivity index (χ4n) is 2.65. The molecule has 28 heavy (non-hydrogen) atoms. The molecule has 0 bridgehead atoms. The van der Waals surface area contributed by atoms with Gasteiger partial charge in [0, 0.05) is 29.6 Å². The van der Waals surface area contributed by atoms with Gasteiger partial charge in [0.25, 0.3) is 5.91 Å². The van der Waals surface area contributed by atoms with Crippen molar-refractivity contribution in [3.05, 3.63) is 96.6 Å². The van der Waals surface area contributed by atoms with E-state index < -0.39 is 0 Å². The van der Waals surface area contributed by atoms with Gasteiger partial charge in [-0.05, 0) is 42.0 Å². The van der Waals surface area contributed by atoms with E-state index in [0.717, 1.165) is 10.5 Å². The molecule has 0 atom stereocenters. The van der Waals surface area contributed by atoms with E-state index >= 15 is 0 Å². The minimum Gasteiger partial charge on any atom is -0.307 e. The van der Waals surface area contributed by atoms with Gasteiger partial charge in [0.05, 0.1) is 18.3 Å². The molecule has 0 fully saturated rings. The van der Waals surface area contributed by atoms with Crippen molar-refractivity contribution in [1.82, 2.24) is 19.7 Å². The molecule has 3 heterocycles. The van der Waals surface area contributed by atoms with Crippen molar-refractivity contribution in [2.24, 2.45) is 0 Å². The number of rotatable bonds is 6. The molecule has 0 aliphatic heterocycles. The Labute approximate surface area is 166 Å². The number of amides is 1. The van der Waals surface area contributed by atoms with Crippen molar-refractivity contribution in [1.29, 1.82) is 0 Å². The number of benzene rings is 1. The van der Waals surface area contributed by atoms with Crippen LogP contribution in [-0.2, 0) is 6.54 Å². The summed E-state index contributed by atoms with van der Waals surface area (Å²) < 4.78 is 1.74. The molecule has 138 valence electrons. The van der Waals surface area contributed by atoms with Crippen LogP contribution in [0.1, 0.15) is 15.9 Å². The van der Waals surface area contributed by atoms with Gasteiger partial charge in [-0.15, -0.1) is 0 Å². The van der Waals surface area contributed by atoms with Crippen LogP contribution in [0.25, 0.3) is 0 Å². The molecule has 0 unspecified atom stereocenters. The third-order valence-electron chi connectivity index (χ3n) is 4.01. The highest BCUT2D eigenvalue weighted by atomic mass is 32.2. The lowest BCUT2D eigenvalue weighted by atomic mass is 10.2. The van der Waals surface area contributed by atoms with Crippen molar-refractivity contribution in [2.45, 2.75) is 16.5 Å². The highest BCUT2D eigenvalue weighted by Gasteiger charge is 2.15. The molecule has 4 aromatic rings. The van der Waals surface area contributed by atoms with Crippen LogP contribution in [0.2, 0.25) is 0 Å². The van der Waals surface area contributed by atoms with Gasteiger partial charge < -0.3 is 5.32 Å². The summed E-state index contributed by atoms with van der Waals surface area (Å²) >= 11 is 1.46. The smallest absolute Gasteiger partial charge is 0.259 e. The summed E-state index contributed by atoms with van der Waals surface area (Å²) in [6.45, 7) is 0.545. The van der Waals surface area contributed by atoms with E-state index in [1.807, 2.05) is 42.5 Å². The highest BCUT2D eigenvalue weighted by Crippen LogP contribution is 2.28. The number of nitrogens with one attached hydrogen (secondary N) is 1. The molecule has 1 amide bonds. The van der Waals surface area contributed by atoms with Crippen molar-refractivity contribution in [3.8, 4) is 0 Å². The van der Waals surface area contributed by atoms with Gasteiger partial charge in [0.15, 0.2) is 0 Å². The number of hydrogen-bond donors (Lipinski definition) is 1. The lowest BCUT2D eigenvalue weighted by Gasteiger charge is -2.11. The molecule has 7 heteroatoms. The fourth-order valence-corrected chi connectivity index (χ4v) is 3.56. The first-order valence-corrected chi connectivity index (χ1v) is 9.51. The molecule has 1 aromatic carbocycles. The Bertz CT molecular complexity index is 1070. The Kier molecular flexibility index (Phi) is 5.44. The van der Waals surface area contributed by atoms with Crippen molar-refractivity contribution in [2.75, 3.05) is 5.32 Å². The first-order valence-electron chi connectivity index (χ1n) is 8.69. The molecule has 0 radical (unpaired) electrons. The van der Waals surface area contributed by atoms with Crippen molar-refractivity contribution < 1.29 is 4.79 Å². The summed E-state index contributed by atoms with van der Waals surface area (Å²) in [5.74, 6) is 0.407. The number of nitrogens with zero attached hydrogens (tertiary/aromatic N) is 4. The highest BCUT2D eigenvalue weighted by molar-refractivity contribution is 7.99. The monoisotopic (exact) mass is 387 g/mol. The second-order valence-corrected chi connectivity index (χ2v) is 7.02. The molecule has 0 spiro atoms. The van der Waals surface area contributed by atoms with Crippen LogP contribution in [-0.4, -0.2) is 25.7 Å². The molecule has 3 aromatic heterocycles. The van der Waals surface area contributed by atoms with Crippen LogP contribution in [0.3, 0.4) is 0 Å². The second kappa shape index (κ2) is 8.49. The van der Waals surface area contributed by atoms with Crippen LogP contribution in [0, 0.1) is 0 Å². The largest absolute Gasteiger partial charge is 0.307 e. The average molecular weight is 387 g/mol. The summed E-state index contributed by atoms with van der Waals surface area (Å²) in [6, 6.07) is 19.0. The first-order chi connectivity index (χ1) is 13.8. The number of carbonyl (C=O) groups is 1. The Morgan fingerprint density at radius 2 is 1.75 bits per heavy atom. The Morgan fingerprint density at radius 3 is 2.57 bits per heavy atom. The summed E-state index contributed by atoms with van der Waals surface area (Å²) in [5.41, 5.74) is 1.57. The molecule has 0 aliphatic carbocycles. The molecule has 0 saturated carbocycles. The quantitative estimate of drug-likeness (QED) is 0.539. The third-order valence-corrected chi connectivity index (χ3v) is 5.04. The maximum Gasteiger partial charge on any atom is 0.259 e. The van der Waals surface area contributed by atoms with E-state index in [-0.39, 0.29) is 5.91 Å². The number of pyridine rings is 2. The normalized spacial score (nSPS) is 10.6. The molecule has 0 aliphatic rings. The van der Waals surface area contributed by atoms with Gasteiger partial charge in [0.2, 0.25) is 0 Å². The van der Waals surface area contributed by atoms with E-state index in [1.165, 1.54) is 11.8 Å². The van der Waals surface area contributed by atoms with Gasteiger partial charge in [-0.3, -0.25) is 9.78 Å². The van der Waals surface area contributed by atoms with E-state index in [1.54, 1.807) is 47.7 Å². The fraction of sp³-hybridized carbons (Fsp3) is 0.0476. The van der Waals surface area contributed by atoms with Crippen molar-refractivity contribution >= 4 is 23.5 Å². The first kappa shape index (κ1) is 17.9. The summed E-state index contributed by atoms with van der Waals surface area (Å²) in [7, 11) is 0. The van der Waals surface area contributed by atoms with Gasteiger partial charge >= 0.3 is 0 Å². The predicted molar refractivity (Wildman–Crippen MR) is 108 cm³/mol. The molecular formula is C21H17N5OS. The maximum atomic E-state index is 12.9. The summed E-state index contributed by atoms with van der Waals surface area (Å²) in [5, 5.41) is 7.91. The maximum absolute atomic E-state index is 12.9. The van der Waals surface area contributed by atoms with Gasteiger partial charge in [-0.2, -0.15) is 5.10 Å². The van der Waals surface area contributed by atoms with Crippen LogP contribution in [0.15, 0.2) is 95.4 Å². The van der Waals surface area contributed by atoms with Crippen LogP contribution in [0.5, 0.6) is 0 Å². The zero-order chi connectivity index (χ0) is 19.2. The predicted octanol–water partition coefficient (Wildman–Crippen LogP) is 4.12.